The molecule has 35 heavy (non-hydrogen) atoms. The van der Waals surface area contributed by atoms with Crippen LogP contribution in [-0.4, -0.2) is 47.2 Å². The van der Waals surface area contributed by atoms with Crippen LogP contribution in [0, 0.1) is 29.5 Å². The molecule has 0 unspecified atom stereocenters. The highest BCUT2D eigenvalue weighted by Crippen LogP contribution is 2.51. The number of carbonyl (C=O) groups excluding carboxylic acids is 2. The Hall–Kier alpha value is -3.22. The first-order chi connectivity index (χ1) is 17.0. The van der Waals surface area contributed by atoms with Gasteiger partial charge in [-0.2, -0.15) is 0 Å². The number of pyridine rings is 1. The van der Waals surface area contributed by atoms with Crippen molar-refractivity contribution < 1.29 is 23.5 Å². The lowest BCUT2D eigenvalue weighted by Crippen LogP contribution is -2.56. The number of halogens is 1. The van der Waals surface area contributed by atoms with Gasteiger partial charge < -0.3 is 14.4 Å². The highest BCUT2D eigenvalue weighted by Gasteiger charge is 2.56. The zero-order valence-electron chi connectivity index (χ0n) is 20.1. The van der Waals surface area contributed by atoms with Crippen LogP contribution in [0.3, 0.4) is 0 Å². The molecule has 1 amide bonds. The minimum Gasteiger partial charge on any atom is -0.462 e. The number of carbonyl (C=O) groups is 2. The molecule has 3 aliphatic rings. The molecule has 0 N–H and O–H groups in total. The Morgan fingerprint density at radius 3 is 2.86 bits per heavy atom. The van der Waals surface area contributed by atoms with Crippen LogP contribution in [0.25, 0.3) is 17.2 Å². The molecule has 1 saturated carbocycles. The van der Waals surface area contributed by atoms with Crippen molar-refractivity contribution in [3.63, 3.8) is 0 Å². The van der Waals surface area contributed by atoms with Gasteiger partial charge in [-0.1, -0.05) is 30.3 Å². The molecule has 2 aliphatic heterocycles. The molecule has 6 nitrogen and oxygen atoms in total. The van der Waals surface area contributed by atoms with E-state index >= 15 is 0 Å². The first-order valence-electron chi connectivity index (χ1n) is 12.5. The minimum atomic E-state index is -0.298. The first-order valence-corrected chi connectivity index (χ1v) is 12.5. The highest BCUT2D eigenvalue weighted by atomic mass is 19.1. The molecule has 1 aliphatic carbocycles. The second-order valence-corrected chi connectivity index (χ2v) is 9.72. The Balaban J connectivity index is 1.42. The maximum atomic E-state index is 14.1. The van der Waals surface area contributed by atoms with Crippen molar-refractivity contribution in [2.75, 3.05) is 13.2 Å². The topological polar surface area (TPSA) is 68.7 Å². The zero-order chi connectivity index (χ0) is 24.5. The SMILES string of the molecule is CCOC(=O)N1CCC[C@H]2[C@H](/C=C/c3ccc(-c4ccccc4F)cn3)[C@@H]3[C@@H](C)OC(=O)[C@@H]3C[C@@H]21. The molecule has 2 aromatic rings. The molecule has 2 saturated heterocycles. The van der Waals surface area contributed by atoms with E-state index in [0.717, 1.165) is 24.1 Å². The summed E-state index contributed by atoms with van der Waals surface area (Å²) < 4.78 is 25.1. The number of ether oxygens (including phenoxy) is 2. The van der Waals surface area contributed by atoms with E-state index in [2.05, 4.69) is 11.1 Å². The van der Waals surface area contributed by atoms with Gasteiger partial charge >= 0.3 is 12.1 Å². The molecule has 1 aromatic carbocycles. The lowest BCUT2D eigenvalue weighted by molar-refractivity contribution is -0.144. The molecule has 0 radical (unpaired) electrons. The first kappa shape index (κ1) is 23.5. The van der Waals surface area contributed by atoms with E-state index < -0.39 is 0 Å². The van der Waals surface area contributed by atoms with Crippen molar-refractivity contribution >= 4 is 18.1 Å². The predicted octanol–water partition coefficient (Wildman–Crippen LogP) is 5.34. The Kier molecular flexibility index (Phi) is 6.58. The zero-order valence-corrected chi connectivity index (χ0v) is 20.1. The molecular formula is C28H31FN2O4. The smallest absolute Gasteiger partial charge is 0.410 e. The van der Waals surface area contributed by atoms with Crippen molar-refractivity contribution in [3.8, 4) is 11.1 Å². The van der Waals surface area contributed by atoms with Crippen LogP contribution in [0.5, 0.6) is 0 Å². The monoisotopic (exact) mass is 478 g/mol. The van der Waals surface area contributed by atoms with E-state index in [-0.39, 0.29) is 53.7 Å². The maximum absolute atomic E-state index is 14.1. The number of likely N-dealkylation sites (tertiary alicyclic amines) is 1. The lowest BCUT2D eigenvalue weighted by atomic mass is 9.61. The average molecular weight is 479 g/mol. The fourth-order valence-corrected chi connectivity index (χ4v) is 6.32. The van der Waals surface area contributed by atoms with Crippen molar-refractivity contribution in [1.82, 2.24) is 9.88 Å². The minimum absolute atomic E-state index is 0.0482. The molecule has 0 spiro atoms. The number of piperidine rings is 1. The number of aromatic nitrogens is 1. The van der Waals surface area contributed by atoms with E-state index in [4.69, 9.17) is 9.47 Å². The normalized spacial score (nSPS) is 30.0. The summed E-state index contributed by atoms with van der Waals surface area (Å²) in [6.45, 7) is 4.76. The number of esters is 1. The Morgan fingerprint density at radius 1 is 1.29 bits per heavy atom. The molecule has 7 heteroatoms. The Labute approximate surface area is 205 Å². The molecule has 6 atom stereocenters. The summed E-state index contributed by atoms with van der Waals surface area (Å²) in [5.41, 5.74) is 2.00. The number of amides is 1. The molecule has 3 heterocycles. The molecule has 3 fully saturated rings. The van der Waals surface area contributed by atoms with E-state index in [1.807, 2.05) is 37.0 Å². The van der Waals surface area contributed by atoms with Crippen LogP contribution in [0.1, 0.15) is 38.8 Å². The maximum Gasteiger partial charge on any atom is 0.410 e. The third kappa shape index (κ3) is 4.44. The third-order valence-electron chi connectivity index (χ3n) is 7.84. The number of hydrogen-bond donors (Lipinski definition) is 0. The van der Waals surface area contributed by atoms with Crippen molar-refractivity contribution in [2.24, 2.45) is 23.7 Å². The van der Waals surface area contributed by atoms with Gasteiger partial charge in [0.1, 0.15) is 11.9 Å². The average Bonchev–Trinajstić information content (AvgIpc) is 3.15. The Bertz CT molecular complexity index is 1120. The largest absolute Gasteiger partial charge is 0.462 e. The summed E-state index contributed by atoms with van der Waals surface area (Å²) in [7, 11) is 0. The predicted molar refractivity (Wildman–Crippen MR) is 130 cm³/mol. The number of cyclic esters (lactones) is 1. The van der Waals surface area contributed by atoms with E-state index in [0.29, 0.717) is 25.1 Å². The van der Waals surface area contributed by atoms with Gasteiger partial charge in [-0.3, -0.25) is 9.78 Å². The molecular weight excluding hydrogens is 447 g/mol. The standard InChI is InChI=1S/C28H31FN2O4/c1-3-34-28(33)31-14-6-8-21-22(26-17(2)35-27(32)23(26)15-25(21)31)13-12-19-11-10-18(16-30-19)20-7-4-5-9-24(20)29/h4-5,7,9-13,16-17,21-23,25-26H,3,6,8,14-15H2,1-2H3/b13-12+/t17-,21+,22+,23-,25+,26+/m1/s1. The molecule has 5 rings (SSSR count). The van der Waals surface area contributed by atoms with Gasteiger partial charge in [0.25, 0.3) is 0 Å². The second-order valence-electron chi connectivity index (χ2n) is 9.72. The van der Waals surface area contributed by atoms with E-state index in [9.17, 15) is 14.0 Å². The van der Waals surface area contributed by atoms with Crippen LogP contribution >= 0.6 is 0 Å². The highest BCUT2D eigenvalue weighted by molar-refractivity contribution is 5.76. The fourth-order valence-electron chi connectivity index (χ4n) is 6.32. The molecule has 0 bridgehead atoms. The Morgan fingerprint density at radius 2 is 2.11 bits per heavy atom. The summed E-state index contributed by atoms with van der Waals surface area (Å²) in [6, 6.07) is 10.3. The molecule has 1 aromatic heterocycles. The fraction of sp³-hybridized carbons (Fsp3) is 0.464. The van der Waals surface area contributed by atoms with Gasteiger partial charge in [-0.25, -0.2) is 9.18 Å². The van der Waals surface area contributed by atoms with Gasteiger partial charge in [0.05, 0.1) is 18.2 Å². The molecule has 184 valence electrons. The number of nitrogens with zero attached hydrogens (tertiary/aromatic N) is 2. The van der Waals surface area contributed by atoms with Crippen molar-refractivity contribution in [1.29, 1.82) is 0 Å². The number of hydrogen-bond acceptors (Lipinski definition) is 5. The van der Waals surface area contributed by atoms with Crippen molar-refractivity contribution in [2.45, 2.75) is 45.3 Å². The van der Waals surface area contributed by atoms with Crippen LogP contribution in [0.15, 0.2) is 48.7 Å². The van der Waals surface area contributed by atoms with Crippen LogP contribution < -0.4 is 0 Å². The van der Waals surface area contributed by atoms with Gasteiger partial charge in [0.2, 0.25) is 0 Å². The number of allylic oxidation sites excluding steroid dienone is 1. The number of benzene rings is 1. The van der Waals surface area contributed by atoms with Crippen LogP contribution in [0.4, 0.5) is 9.18 Å². The lowest BCUT2D eigenvalue weighted by Gasteiger charge is -2.50. The van der Waals surface area contributed by atoms with Gasteiger partial charge in [0, 0.05) is 35.8 Å². The summed E-state index contributed by atoms with van der Waals surface area (Å²) in [5, 5.41) is 0. The summed E-state index contributed by atoms with van der Waals surface area (Å²) in [6.07, 6.45) is 7.85. The van der Waals surface area contributed by atoms with Crippen LogP contribution in [0.2, 0.25) is 0 Å². The van der Waals surface area contributed by atoms with E-state index in [1.165, 1.54) is 6.07 Å². The van der Waals surface area contributed by atoms with Gasteiger partial charge in [-0.15, -0.1) is 0 Å². The summed E-state index contributed by atoms with van der Waals surface area (Å²) >= 11 is 0. The summed E-state index contributed by atoms with van der Waals surface area (Å²) in [5.74, 6) is -0.306. The van der Waals surface area contributed by atoms with Crippen LogP contribution in [-0.2, 0) is 14.3 Å². The van der Waals surface area contributed by atoms with Gasteiger partial charge in [0.15, 0.2) is 0 Å². The summed E-state index contributed by atoms with van der Waals surface area (Å²) in [4.78, 5) is 31.7. The van der Waals surface area contributed by atoms with E-state index in [1.54, 1.807) is 24.4 Å². The number of rotatable bonds is 4. The third-order valence-corrected chi connectivity index (χ3v) is 7.84. The van der Waals surface area contributed by atoms with Crippen molar-refractivity contribution in [3.05, 3.63) is 60.2 Å². The van der Waals surface area contributed by atoms with Gasteiger partial charge in [-0.05, 0) is 63.2 Å². The quantitative estimate of drug-likeness (QED) is 0.555. The second kappa shape index (κ2) is 9.80. The number of fused-ring (bicyclic) bond motifs is 2.